The molecule has 3 nitrogen and oxygen atoms in total. The van der Waals surface area contributed by atoms with Gasteiger partial charge in [0.1, 0.15) is 0 Å². The van der Waals surface area contributed by atoms with Crippen molar-refractivity contribution in [3.05, 3.63) is 107 Å². The Balaban J connectivity index is 1.61. The summed E-state index contributed by atoms with van der Waals surface area (Å²) >= 11 is 0. The molecule has 3 aliphatic rings. The maximum atomic E-state index is 9.80. The van der Waals surface area contributed by atoms with Crippen LogP contribution in [0, 0.1) is 0 Å². The van der Waals surface area contributed by atoms with Crippen LogP contribution in [0.5, 0.6) is 0 Å². The molecule has 3 aromatic rings. The van der Waals surface area contributed by atoms with Gasteiger partial charge in [0, 0.05) is 22.7 Å². The Morgan fingerprint density at radius 2 is 1.61 bits per heavy atom. The highest BCUT2D eigenvalue weighted by Crippen LogP contribution is 2.55. The Morgan fingerprint density at radius 1 is 0.871 bits per heavy atom. The highest BCUT2D eigenvalue weighted by atomic mass is 16.4. The molecule has 31 heavy (non-hydrogen) atoms. The van der Waals surface area contributed by atoms with Crippen LogP contribution in [0.25, 0.3) is 11.1 Å². The van der Waals surface area contributed by atoms with Crippen LogP contribution in [-0.4, -0.2) is 23.2 Å². The first-order chi connectivity index (χ1) is 15.0. The van der Waals surface area contributed by atoms with Gasteiger partial charge in [-0.2, -0.15) is 0 Å². The molecule has 1 aliphatic heterocycles. The minimum absolute atomic E-state index is 0.0603. The van der Waals surface area contributed by atoms with Crippen molar-refractivity contribution in [2.24, 2.45) is 0 Å². The number of fused-ring (bicyclic) bond motifs is 6. The zero-order chi connectivity index (χ0) is 21.3. The molecular weight excluding hydrogens is 381 g/mol. The predicted octanol–water partition coefficient (Wildman–Crippen LogP) is 5.11. The van der Waals surface area contributed by atoms with Crippen LogP contribution in [0.2, 0.25) is 0 Å². The largest absolute Gasteiger partial charge is 0.488 e. The summed E-state index contributed by atoms with van der Waals surface area (Å²) in [6, 6.07) is 24.0. The van der Waals surface area contributed by atoms with Gasteiger partial charge >= 0.3 is 7.12 Å². The van der Waals surface area contributed by atoms with Gasteiger partial charge in [-0.1, -0.05) is 74.5 Å². The van der Waals surface area contributed by atoms with Crippen LogP contribution in [-0.2, 0) is 5.41 Å². The van der Waals surface area contributed by atoms with Crippen molar-refractivity contribution in [3.8, 4) is 11.1 Å². The molecule has 3 aromatic carbocycles. The van der Waals surface area contributed by atoms with Gasteiger partial charge in [0.15, 0.2) is 0 Å². The summed E-state index contributed by atoms with van der Waals surface area (Å²) in [4.78, 5) is 2.40. The lowest BCUT2D eigenvalue weighted by molar-refractivity contribution is 0.420. The van der Waals surface area contributed by atoms with E-state index in [1.165, 1.54) is 33.5 Å². The number of rotatable bonds is 2. The van der Waals surface area contributed by atoms with E-state index in [0.29, 0.717) is 5.47 Å². The number of benzene rings is 3. The second-order valence-electron chi connectivity index (χ2n) is 9.25. The maximum absolute atomic E-state index is 9.80. The van der Waals surface area contributed by atoms with E-state index < -0.39 is 7.12 Å². The topological polar surface area (TPSA) is 43.7 Å². The number of nitrogens with zero attached hydrogens (tertiary/aromatic N) is 1. The number of anilines is 2. The summed E-state index contributed by atoms with van der Waals surface area (Å²) in [5, 5.41) is 19.6. The Labute approximate surface area is 183 Å². The highest BCUT2D eigenvalue weighted by Gasteiger charge is 2.43. The Morgan fingerprint density at radius 3 is 2.39 bits per heavy atom. The Kier molecular flexibility index (Phi) is 3.89. The zero-order valence-electron chi connectivity index (χ0n) is 17.7. The van der Waals surface area contributed by atoms with Crippen molar-refractivity contribution in [2.75, 3.05) is 4.90 Å². The van der Waals surface area contributed by atoms with Crippen LogP contribution < -0.4 is 4.90 Å². The molecule has 6 rings (SSSR count). The number of allylic oxidation sites excluding steroid dienone is 2. The lowest BCUT2D eigenvalue weighted by Crippen LogP contribution is -2.30. The van der Waals surface area contributed by atoms with E-state index in [4.69, 9.17) is 0 Å². The molecule has 0 aromatic heterocycles. The Hall–Kier alpha value is -3.08. The Bertz CT molecular complexity index is 1260. The van der Waals surface area contributed by atoms with E-state index in [-0.39, 0.29) is 17.4 Å². The normalized spacial score (nSPS) is 21.8. The third-order valence-electron chi connectivity index (χ3n) is 7.21. The second kappa shape index (κ2) is 6.46. The van der Waals surface area contributed by atoms with Crippen LogP contribution >= 0.6 is 0 Å². The summed E-state index contributed by atoms with van der Waals surface area (Å²) in [5.74, 6) is 0.0678. The third-order valence-corrected chi connectivity index (χ3v) is 7.21. The summed E-state index contributed by atoms with van der Waals surface area (Å²) < 4.78 is 0. The van der Waals surface area contributed by atoms with Crippen molar-refractivity contribution in [1.29, 1.82) is 0 Å². The highest BCUT2D eigenvalue weighted by molar-refractivity contribution is 6.51. The molecule has 0 bridgehead atoms. The summed E-state index contributed by atoms with van der Waals surface area (Å²) in [5.41, 5.74) is 9.40. The van der Waals surface area contributed by atoms with E-state index >= 15 is 0 Å². The second-order valence-corrected chi connectivity index (χ2v) is 9.25. The van der Waals surface area contributed by atoms with Crippen molar-refractivity contribution < 1.29 is 10.0 Å². The van der Waals surface area contributed by atoms with Gasteiger partial charge in [-0.15, -0.1) is 0 Å². The van der Waals surface area contributed by atoms with Gasteiger partial charge in [-0.05, 0) is 57.6 Å². The first-order valence-electron chi connectivity index (χ1n) is 10.9. The van der Waals surface area contributed by atoms with E-state index in [9.17, 15) is 10.0 Å². The van der Waals surface area contributed by atoms with E-state index in [0.717, 1.165) is 5.69 Å². The number of para-hydroxylation sites is 1. The molecule has 0 spiro atoms. The molecule has 0 amide bonds. The van der Waals surface area contributed by atoms with Crippen LogP contribution in [0.3, 0.4) is 0 Å². The summed E-state index contributed by atoms with van der Waals surface area (Å²) in [6.07, 6.45) is 5.98. The first-order valence-corrected chi connectivity index (χ1v) is 10.9. The lowest BCUT2D eigenvalue weighted by Gasteiger charge is -2.30. The molecule has 0 fully saturated rings. The average molecular weight is 405 g/mol. The van der Waals surface area contributed by atoms with Crippen molar-refractivity contribution >= 4 is 18.5 Å². The smallest absolute Gasteiger partial charge is 0.423 e. The van der Waals surface area contributed by atoms with E-state index in [1.54, 1.807) is 0 Å². The maximum Gasteiger partial charge on any atom is 0.488 e. The predicted molar refractivity (Wildman–Crippen MR) is 127 cm³/mol. The fraction of sp³-hybridized carbons (Fsp3) is 0.185. The van der Waals surface area contributed by atoms with Crippen molar-refractivity contribution in [3.63, 3.8) is 0 Å². The molecule has 1 heterocycles. The molecule has 0 radical (unpaired) electrons. The van der Waals surface area contributed by atoms with Gasteiger partial charge in [0.25, 0.3) is 0 Å². The lowest BCUT2D eigenvalue weighted by atomic mass is 9.73. The third kappa shape index (κ3) is 2.55. The van der Waals surface area contributed by atoms with Crippen LogP contribution in [0.15, 0.2) is 90.4 Å². The standard InChI is InChI=1S/C27H24BNO2/c1-27(2)23-11-7-6-10-19(23)20-15-22-21-14-17(28(30)31)12-13-25(21)29(26(22)16-24(20)27)18-8-4-3-5-9-18/h3-16,21,25,30-31H,1-2H3. The fourth-order valence-corrected chi connectivity index (χ4v) is 5.67. The fourth-order valence-electron chi connectivity index (χ4n) is 5.67. The van der Waals surface area contributed by atoms with E-state index in [2.05, 4.69) is 85.5 Å². The molecule has 4 heteroatoms. The molecule has 0 saturated heterocycles. The minimum Gasteiger partial charge on any atom is -0.423 e. The van der Waals surface area contributed by atoms with Crippen molar-refractivity contribution in [1.82, 2.24) is 0 Å². The van der Waals surface area contributed by atoms with Crippen LogP contribution in [0.1, 0.15) is 36.5 Å². The van der Waals surface area contributed by atoms with E-state index in [1.807, 2.05) is 18.2 Å². The van der Waals surface area contributed by atoms with Gasteiger partial charge < -0.3 is 14.9 Å². The molecule has 2 aliphatic carbocycles. The molecule has 2 N–H and O–H groups in total. The monoisotopic (exact) mass is 405 g/mol. The SMILES string of the molecule is CC1(C)c2ccccc2-c2cc3c(cc21)N(c1ccccc1)C1C=CC(B(O)O)=CC31. The van der Waals surface area contributed by atoms with Crippen LogP contribution in [0.4, 0.5) is 11.4 Å². The van der Waals surface area contributed by atoms with Gasteiger partial charge in [0.05, 0.1) is 6.04 Å². The quantitative estimate of drug-likeness (QED) is 0.583. The summed E-state index contributed by atoms with van der Waals surface area (Å²) in [7, 11) is -1.46. The molecule has 2 atom stereocenters. The van der Waals surface area contributed by atoms with Gasteiger partial charge in [0.2, 0.25) is 0 Å². The van der Waals surface area contributed by atoms with Crippen molar-refractivity contribution in [2.45, 2.75) is 31.2 Å². The number of hydrogen-bond donors (Lipinski definition) is 2. The molecule has 2 unspecified atom stereocenters. The molecule has 0 saturated carbocycles. The summed E-state index contributed by atoms with van der Waals surface area (Å²) in [6.45, 7) is 4.61. The number of hydrogen-bond acceptors (Lipinski definition) is 3. The first kappa shape index (κ1) is 18.7. The van der Waals surface area contributed by atoms with Gasteiger partial charge in [-0.25, -0.2) is 0 Å². The average Bonchev–Trinajstić information content (AvgIpc) is 3.22. The minimum atomic E-state index is -1.46. The van der Waals surface area contributed by atoms with Gasteiger partial charge in [-0.3, -0.25) is 0 Å². The zero-order valence-corrected chi connectivity index (χ0v) is 17.7. The molecule has 152 valence electrons. The molecular formula is C27H24BNO2.